The molecule has 1 amide bonds. The van der Waals surface area contributed by atoms with Crippen molar-refractivity contribution in [1.29, 1.82) is 0 Å². The average Bonchev–Trinajstić information content (AvgIpc) is 2.73. The molecule has 0 aliphatic rings. The van der Waals surface area contributed by atoms with E-state index in [0.29, 0.717) is 18.0 Å². The predicted octanol–water partition coefficient (Wildman–Crippen LogP) is 5.55. The highest BCUT2D eigenvalue weighted by Gasteiger charge is 2.15. The molecule has 0 aliphatic heterocycles. The van der Waals surface area contributed by atoms with Crippen molar-refractivity contribution in [2.24, 2.45) is 0 Å². The second-order valence-corrected chi connectivity index (χ2v) is 6.52. The number of nitrogens with one attached hydrogen (secondary N) is 1. The first-order chi connectivity index (χ1) is 13.7. The molecule has 3 aromatic carbocycles. The molecule has 144 valence electrons. The van der Waals surface area contributed by atoms with E-state index < -0.39 is 6.10 Å². The van der Waals surface area contributed by atoms with Crippen LogP contribution in [0.2, 0.25) is 0 Å². The van der Waals surface area contributed by atoms with Crippen molar-refractivity contribution in [3.63, 3.8) is 0 Å². The molecule has 0 radical (unpaired) electrons. The van der Waals surface area contributed by atoms with Crippen LogP contribution in [0.3, 0.4) is 0 Å². The maximum absolute atomic E-state index is 12.5. The Morgan fingerprint density at radius 3 is 2.32 bits per heavy atom. The molecule has 0 heterocycles. The van der Waals surface area contributed by atoms with Gasteiger partial charge in [0.2, 0.25) is 0 Å². The minimum atomic E-state index is -0.622. The molecule has 1 N–H and O–H groups in total. The van der Waals surface area contributed by atoms with E-state index in [4.69, 9.17) is 9.47 Å². The molecule has 1 unspecified atom stereocenters. The quantitative estimate of drug-likeness (QED) is 0.562. The molecule has 1 atom stereocenters. The fourth-order valence-electron chi connectivity index (χ4n) is 2.74. The van der Waals surface area contributed by atoms with Gasteiger partial charge in [0, 0.05) is 11.8 Å². The van der Waals surface area contributed by atoms with Gasteiger partial charge in [0.1, 0.15) is 11.5 Å². The molecular formula is C24H25NO3. The number of hydrogen-bond acceptors (Lipinski definition) is 3. The molecule has 4 heteroatoms. The first-order valence-electron chi connectivity index (χ1n) is 9.51. The standard InChI is InChI=1S/C24H25NO3/c1-3-16-27-23-11-7-10-21(17-23)25-24(26)18(2)28-22-14-12-20(13-15-22)19-8-5-4-6-9-19/h4-15,17-18H,3,16H2,1-2H3,(H,25,26). The Labute approximate surface area is 166 Å². The lowest BCUT2D eigenvalue weighted by Crippen LogP contribution is -2.30. The second-order valence-electron chi connectivity index (χ2n) is 6.52. The summed E-state index contributed by atoms with van der Waals surface area (Å²) in [6, 6.07) is 25.2. The summed E-state index contributed by atoms with van der Waals surface area (Å²) in [4.78, 5) is 12.5. The number of hydrogen-bond donors (Lipinski definition) is 1. The zero-order valence-corrected chi connectivity index (χ0v) is 16.2. The zero-order valence-electron chi connectivity index (χ0n) is 16.2. The maximum Gasteiger partial charge on any atom is 0.265 e. The van der Waals surface area contributed by atoms with E-state index in [9.17, 15) is 4.79 Å². The van der Waals surface area contributed by atoms with Gasteiger partial charge in [-0.1, -0.05) is 55.5 Å². The first-order valence-corrected chi connectivity index (χ1v) is 9.51. The fraction of sp³-hybridized carbons (Fsp3) is 0.208. The van der Waals surface area contributed by atoms with Gasteiger partial charge in [-0.15, -0.1) is 0 Å². The van der Waals surface area contributed by atoms with Crippen molar-refractivity contribution in [2.45, 2.75) is 26.4 Å². The maximum atomic E-state index is 12.5. The molecule has 4 nitrogen and oxygen atoms in total. The molecule has 0 fully saturated rings. The van der Waals surface area contributed by atoms with Gasteiger partial charge in [0.15, 0.2) is 6.10 Å². The van der Waals surface area contributed by atoms with Gasteiger partial charge in [0.25, 0.3) is 5.91 Å². The summed E-state index contributed by atoms with van der Waals surface area (Å²) in [6.07, 6.45) is 0.313. The van der Waals surface area contributed by atoms with Gasteiger partial charge in [0.05, 0.1) is 6.61 Å². The van der Waals surface area contributed by atoms with E-state index in [0.717, 1.165) is 23.3 Å². The number of amides is 1. The molecule has 3 rings (SSSR count). The molecule has 3 aromatic rings. The highest BCUT2D eigenvalue weighted by Crippen LogP contribution is 2.23. The zero-order chi connectivity index (χ0) is 19.8. The van der Waals surface area contributed by atoms with E-state index in [2.05, 4.69) is 24.4 Å². The van der Waals surface area contributed by atoms with E-state index >= 15 is 0 Å². The van der Waals surface area contributed by atoms with Crippen LogP contribution in [-0.4, -0.2) is 18.6 Å². The minimum absolute atomic E-state index is 0.209. The smallest absolute Gasteiger partial charge is 0.265 e. The molecule has 0 aliphatic carbocycles. The topological polar surface area (TPSA) is 47.6 Å². The summed E-state index contributed by atoms with van der Waals surface area (Å²) in [6.45, 7) is 4.44. The highest BCUT2D eigenvalue weighted by atomic mass is 16.5. The second kappa shape index (κ2) is 9.60. The Morgan fingerprint density at radius 2 is 1.61 bits per heavy atom. The number of carbonyl (C=O) groups is 1. The van der Waals surface area contributed by atoms with E-state index in [1.54, 1.807) is 6.92 Å². The van der Waals surface area contributed by atoms with Crippen LogP contribution in [0, 0.1) is 0 Å². The Bertz CT molecular complexity index is 891. The molecule has 28 heavy (non-hydrogen) atoms. The van der Waals surface area contributed by atoms with Gasteiger partial charge in [-0.3, -0.25) is 4.79 Å². The van der Waals surface area contributed by atoms with Crippen LogP contribution < -0.4 is 14.8 Å². The van der Waals surface area contributed by atoms with Gasteiger partial charge in [-0.2, -0.15) is 0 Å². The van der Waals surface area contributed by atoms with Crippen LogP contribution >= 0.6 is 0 Å². The molecule has 0 saturated heterocycles. The Kier molecular flexibility index (Phi) is 6.68. The number of rotatable bonds is 8. The third-order valence-corrected chi connectivity index (χ3v) is 4.22. The third-order valence-electron chi connectivity index (χ3n) is 4.22. The van der Waals surface area contributed by atoms with Gasteiger partial charge in [-0.25, -0.2) is 0 Å². The lowest BCUT2D eigenvalue weighted by molar-refractivity contribution is -0.122. The van der Waals surface area contributed by atoms with Crippen LogP contribution in [0.15, 0.2) is 78.9 Å². The average molecular weight is 375 g/mol. The fourth-order valence-corrected chi connectivity index (χ4v) is 2.74. The molecule has 0 spiro atoms. The largest absolute Gasteiger partial charge is 0.494 e. The van der Waals surface area contributed by atoms with Gasteiger partial charge < -0.3 is 14.8 Å². The summed E-state index contributed by atoms with van der Waals surface area (Å²) in [5, 5.41) is 2.87. The third kappa shape index (κ3) is 5.36. The van der Waals surface area contributed by atoms with E-state index in [1.807, 2.05) is 66.7 Å². The normalized spacial score (nSPS) is 11.5. The van der Waals surface area contributed by atoms with Crippen molar-refractivity contribution < 1.29 is 14.3 Å². The van der Waals surface area contributed by atoms with Crippen molar-refractivity contribution in [3.05, 3.63) is 78.9 Å². The van der Waals surface area contributed by atoms with Crippen LogP contribution in [0.1, 0.15) is 20.3 Å². The molecule has 0 bridgehead atoms. The summed E-state index contributed by atoms with van der Waals surface area (Å²) in [7, 11) is 0. The van der Waals surface area contributed by atoms with Gasteiger partial charge in [-0.05, 0) is 48.7 Å². The summed E-state index contributed by atoms with van der Waals surface area (Å²) >= 11 is 0. The Morgan fingerprint density at radius 1 is 0.893 bits per heavy atom. The summed E-state index contributed by atoms with van der Waals surface area (Å²) in [5.74, 6) is 1.19. The summed E-state index contributed by atoms with van der Waals surface area (Å²) in [5.41, 5.74) is 2.94. The first kappa shape index (κ1) is 19.5. The van der Waals surface area contributed by atoms with E-state index in [-0.39, 0.29) is 5.91 Å². The summed E-state index contributed by atoms with van der Waals surface area (Å²) < 4.78 is 11.4. The SMILES string of the molecule is CCCOc1cccc(NC(=O)C(C)Oc2ccc(-c3ccccc3)cc2)c1. The molecule has 0 aromatic heterocycles. The lowest BCUT2D eigenvalue weighted by atomic mass is 10.1. The van der Waals surface area contributed by atoms with Crippen molar-refractivity contribution in [1.82, 2.24) is 0 Å². The molecule has 0 saturated carbocycles. The number of ether oxygens (including phenoxy) is 2. The Balaban J connectivity index is 1.58. The highest BCUT2D eigenvalue weighted by molar-refractivity contribution is 5.94. The van der Waals surface area contributed by atoms with Crippen LogP contribution in [-0.2, 0) is 4.79 Å². The Hall–Kier alpha value is -3.27. The van der Waals surface area contributed by atoms with E-state index in [1.165, 1.54) is 0 Å². The van der Waals surface area contributed by atoms with Crippen molar-refractivity contribution in [3.8, 4) is 22.6 Å². The van der Waals surface area contributed by atoms with Crippen LogP contribution in [0.4, 0.5) is 5.69 Å². The van der Waals surface area contributed by atoms with Crippen molar-refractivity contribution in [2.75, 3.05) is 11.9 Å². The van der Waals surface area contributed by atoms with Crippen LogP contribution in [0.5, 0.6) is 11.5 Å². The number of anilines is 1. The minimum Gasteiger partial charge on any atom is -0.494 e. The van der Waals surface area contributed by atoms with Crippen molar-refractivity contribution >= 4 is 11.6 Å². The lowest BCUT2D eigenvalue weighted by Gasteiger charge is -2.15. The monoisotopic (exact) mass is 375 g/mol. The number of carbonyl (C=O) groups excluding carboxylic acids is 1. The predicted molar refractivity (Wildman–Crippen MR) is 113 cm³/mol. The molecular weight excluding hydrogens is 350 g/mol. The number of benzene rings is 3. The van der Waals surface area contributed by atoms with Crippen LogP contribution in [0.25, 0.3) is 11.1 Å². The van der Waals surface area contributed by atoms with Gasteiger partial charge >= 0.3 is 0 Å².